The normalized spacial score (nSPS) is 10.5. The number of anilines is 1. The third-order valence-corrected chi connectivity index (χ3v) is 3.88. The summed E-state index contributed by atoms with van der Waals surface area (Å²) in [7, 11) is 0. The Morgan fingerprint density at radius 2 is 2.14 bits per heavy atom. The first-order chi connectivity index (χ1) is 10.5. The number of hydrogen-bond acceptors (Lipinski definition) is 3. The molecule has 0 aliphatic carbocycles. The van der Waals surface area contributed by atoms with Gasteiger partial charge in [0.2, 0.25) is 0 Å². The molecule has 0 saturated carbocycles. The highest BCUT2D eigenvalue weighted by atomic mass is 79.9. The summed E-state index contributed by atoms with van der Waals surface area (Å²) in [4.78, 5) is 16.2. The van der Waals surface area contributed by atoms with Crippen LogP contribution in [0.5, 0.6) is 0 Å². The van der Waals surface area contributed by atoms with Crippen molar-refractivity contribution >= 4 is 50.9 Å². The largest absolute Gasteiger partial charge is 0.367 e. The predicted octanol–water partition coefficient (Wildman–Crippen LogP) is 3.81. The van der Waals surface area contributed by atoms with Crippen molar-refractivity contribution in [1.29, 1.82) is 0 Å². The number of aromatic nitrogens is 2. The zero-order valence-electron chi connectivity index (χ0n) is 11.9. The predicted molar refractivity (Wildman–Crippen MR) is 92.9 cm³/mol. The zero-order chi connectivity index (χ0) is 16.1. The van der Waals surface area contributed by atoms with Crippen LogP contribution in [0.15, 0.2) is 29.0 Å². The van der Waals surface area contributed by atoms with Gasteiger partial charge in [-0.2, -0.15) is 0 Å². The minimum atomic E-state index is -0.121. The molecule has 2 N–H and O–H groups in total. The Balaban J connectivity index is 1.84. The number of carbonyl (C=O) groups is 1. The molecule has 0 fully saturated rings. The summed E-state index contributed by atoms with van der Waals surface area (Å²) in [6.45, 7) is 3.68. The van der Waals surface area contributed by atoms with Crippen LogP contribution < -0.4 is 10.6 Å². The fourth-order valence-electron chi connectivity index (χ4n) is 1.92. The van der Waals surface area contributed by atoms with Gasteiger partial charge in [-0.3, -0.25) is 4.79 Å². The number of amides is 1. The molecular weight excluding hydrogens is 391 g/mol. The molecule has 0 unspecified atom stereocenters. The van der Waals surface area contributed by atoms with E-state index in [0.29, 0.717) is 34.6 Å². The van der Waals surface area contributed by atoms with Crippen molar-refractivity contribution in [1.82, 2.24) is 14.9 Å². The third-order valence-electron chi connectivity index (χ3n) is 2.95. The van der Waals surface area contributed by atoms with Crippen molar-refractivity contribution in [2.45, 2.75) is 13.5 Å². The van der Waals surface area contributed by atoms with Gasteiger partial charge in [-0.05, 0) is 35.0 Å². The second-order valence-electron chi connectivity index (χ2n) is 4.50. The van der Waals surface area contributed by atoms with Crippen LogP contribution in [0.25, 0.3) is 0 Å². The van der Waals surface area contributed by atoms with Gasteiger partial charge in [-0.25, -0.2) is 4.98 Å². The van der Waals surface area contributed by atoms with Crippen molar-refractivity contribution in [3.8, 4) is 0 Å². The van der Waals surface area contributed by atoms with E-state index in [4.69, 9.17) is 23.2 Å². The summed E-state index contributed by atoms with van der Waals surface area (Å²) in [6.07, 6.45) is 3.39. The number of nitrogens with zero attached hydrogens (tertiary/aromatic N) is 2. The van der Waals surface area contributed by atoms with Crippen LogP contribution in [0.3, 0.4) is 0 Å². The Morgan fingerprint density at radius 1 is 1.36 bits per heavy atom. The van der Waals surface area contributed by atoms with E-state index in [1.165, 1.54) is 6.20 Å². The number of pyridine rings is 1. The maximum Gasteiger partial charge on any atom is 0.268 e. The van der Waals surface area contributed by atoms with Gasteiger partial charge in [0, 0.05) is 36.5 Å². The van der Waals surface area contributed by atoms with Crippen LogP contribution >= 0.6 is 39.1 Å². The highest BCUT2D eigenvalue weighted by molar-refractivity contribution is 9.10. The smallest absolute Gasteiger partial charge is 0.268 e. The lowest BCUT2D eigenvalue weighted by atomic mass is 10.4. The van der Waals surface area contributed by atoms with Crippen LogP contribution in [-0.4, -0.2) is 28.5 Å². The molecule has 0 saturated heterocycles. The van der Waals surface area contributed by atoms with Crippen molar-refractivity contribution < 1.29 is 4.79 Å². The average molecular weight is 406 g/mol. The fraction of sp³-hybridized carbons (Fsp3) is 0.286. The van der Waals surface area contributed by atoms with Gasteiger partial charge >= 0.3 is 0 Å². The van der Waals surface area contributed by atoms with E-state index in [0.717, 1.165) is 11.0 Å². The molecule has 118 valence electrons. The van der Waals surface area contributed by atoms with Gasteiger partial charge in [0.1, 0.15) is 11.5 Å². The molecule has 0 aromatic carbocycles. The Kier molecular flexibility index (Phi) is 6.11. The van der Waals surface area contributed by atoms with E-state index in [1.54, 1.807) is 12.1 Å². The lowest BCUT2D eigenvalue weighted by Crippen LogP contribution is -2.30. The SMILES string of the molecule is CCn1cc(Br)cc1C(=O)NCCNc1ncc(Cl)cc1Cl. The topological polar surface area (TPSA) is 59.0 Å². The number of rotatable bonds is 6. The van der Waals surface area contributed by atoms with Gasteiger partial charge in [0.15, 0.2) is 0 Å². The van der Waals surface area contributed by atoms with Gasteiger partial charge in [-0.15, -0.1) is 0 Å². The monoisotopic (exact) mass is 404 g/mol. The minimum absolute atomic E-state index is 0.121. The summed E-state index contributed by atoms with van der Waals surface area (Å²) in [6, 6.07) is 3.41. The second-order valence-corrected chi connectivity index (χ2v) is 6.26. The van der Waals surface area contributed by atoms with E-state index in [9.17, 15) is 4.79 Å². The van der Waals surface area contributed by atoms with E-state index < -0.39 is 0 Å². The molecule has 0 aliphatic rings. The van der Waals surface area contributed by atoms with Crippen LogP contribution in [0.1, 0.15) is 17.4 Å². The number of hydrogen-bond donors (Lipinski definition) is 2. The lowest BCUT2D eigenvalue weighted by molar-refractivity contribution is 0.0946. The Hall–Kier alpha value is -1.24. The first kappa shape index (κ1) is 17.1. The average Bonchev–Trinajstić information content (AvgIpc) is 2.86. The standard InChI is InChI=1S/C14H15BrCl2N4O/c1-2-21-8-9(15)5-12(21)14(22)19-4-3-18-13-11(17)6-10(16)7-20-13/h5-8H,2-4H2,1H3,(H,18,20)(H,19,22). The van der Waals surface area contributed by atoms with Crippen molar-refractivity contribution in [2.24, 2.45) is 0 Å². The molecule has 22 heavy (non-hydrogen) atoms. The molecule has 1 amide bonds. The quantitative estimate of drug-likeness (QED) is 0.718. The summed E-state index contributed by atoms with van der Waals surface area (Å²) in [5.41, 5.74) is 0.622. The Bertz CT molecular complexity index is 675. The van der Waals surface area contributed by atoms with E-state index >= 15 is 0 Å². The highest BCUT2D eigenvalue weighted by Crippen LogP contribution is 2.22. The zero-order valence-corrected chi connectivity index (χ0v) is 15.0. The molecule has 2 aromatic heterocycles. The maximum atomic E-state index is 12.1. The Labute approximate surface area is 147 Å². The third kappa shape index (κ3) is 4.38. The van der Waals surface area contributed by atoms with Crippen LogP contribution in [0.4, 0.5) is 5.82 Å². The van der Waals surface area contributed by atoms with Gasteiger partial charge in [-0.1, -0.05) is 23.2 Å². The number of carbonyl (C=O) groups excluding carboxylic acids is 1. The highest BCUT2D eigenvalue weighted by Gasteiger charge is 2.11. The first-order valence-corrected chi connectivity index (χ1v) is 8.25. The fourth-order valence-corrected chi connectivity index (χ4v) is 2.83. The van der Waals surface area contributed by atoms with Gasteiger partial charge < -0.3 is 15.2 Å². The first-order valence-electron chi connectivity index (χ1n) is 6.70. The molecule has 2 heterocycles. The van der Waals surface area contributed by atoms with E-state index in [1.807, 2.05) is 17.7 Å². The van der Waals surface area contributed by atoms with Crippen molar-refractivity contribution in [3.63, 3.8) is 0 Å². The van der Waals surface area contributed by atoms with E-state index in [-0.39, 0.29) is 5.91 Å². The van der Waals surface area contributed by atoms with Crippen LogP contribution in [0, 0.1) is 0 Å². The minimum Gasteiger partial charge on any atom is -0.367 e. The second kappa shape index (κ2) is 7.85. The van der Waals surface area contributed by atoms with Gasteiger partial charge in [0.05, 0.1) is 10.0 Å². The molecule has 2 aromatic rings. The lowest BCUT2D eigenvalue weighted by Gasteiger charge is -2.10. The summed E-state index contributed by atoms with van der Waals surface area (Å²) >= 11 is 15.2. The maximum absolute atomic E-state index is 12.1. The number of aryl methyl sites for hydroxylation is 1. The summed E-state index contributed by atoms with van der Waals surface area (Å²) < 4.78 is 2.76. The molecule has 0 bridgehead atoms. The summed E-state index contributed by atoms with van der Waals surface area (Å²) in [5, 5.41) is 6.82. The molecule has 0 atom stereocenters. The number of halogens is 3. The molecule has 2 rings (SSSR count). The van der Waals surface area contributed by atoms with Crippen LogP contribution in [0.2, 0.25) is 10.0 Å². The van der Waals surface area contributed by atoms with Crippen molar-refractivity contribution in [2.75, 3.05) is 18.4 Å². The molecular formula is C14H15BrCl2N4O. The molecule has 0 radical (unpaired) electrons. The van der Waals surface area contributed by atoms with Crippen molar-refractivity contribution in [3.05, 3.63) is 44.7 Å². The molecule has 5 nitrogen and oxygen atoms in total. The molecule has 8 heteroatoms. The number of nitrogens with one attached hydrogen (secondary N) is 2. The summed E-state index contributed by atoms with van der Waals surface area (Å²) in [5.74, 6) is 0.421. The molecule has 0 spiro atoms. The molecule has 0 aliphatic heterocycles. The van der Waals surface area contributed by atoms with E-state index in [2.05, 4.69) is 31.5 Å². The van der Waals surface area contributed by atoms with Gasteiger partial charge in [0.25, 0.3) is 5.91 Å². The Morgan fingerprint density at radius 3 is 2.82 bits per heavy atom. The van der Waals surface area contributed by atoms with Crippen LogP contribution in [-0.2, 0) is 6.54 Å².